The number of hydrogen-bond donors (Lipinski definition) is 0. The number of hydrogen-bond acceptors (Lipinski definition) is 3. The summed E-state index contributed by atoms with van der Waals surface area (Å²) >= 11 is 0. The standard InChI is InChI=1S/C23H18O3/c1-25-21-7-3-5-15-13-17(9-11-19(15)21)23(24)18-10-12-20-16(14-18)6-4-8-22(20)26-2/h3-14H,1-2H3. The van der Waals surface area contributed by atoms with Crippen molar-refractivity contribution in [3.63, 3.8) is 0 Å². The lowest BCUT2D eigenvalue weighted by Crippen LogP contribution is -2.01. The first-order valence-corrected chi connectivity index (χ1v) is 8.39. The van der Waals surface area contributed by atoms with Crippen molar-refractivity contribution in [3.8, 4) is 11.5 Å². The zero-order valence-electron chi connectivity index (χ0n) is 14.7. The van der Waals surface area contributed by atoms with Crippen LogP contribution in [0.5, 0.6) is 11.5 Å². The van der Waals surface area contributed by atoms with Crippen LogP contribution in [0.3, 0.4) is 0 Å². The van der Waals surface area contributed by atoms with Gasteiger partial charge in [0.1, 0.15) is 11.5 Å². The second kappa shape index (κ2) is 6.52. The first-order valence-electron chi connectivity index (χ1n) is 8.39. The second-order valence-electron chi connectivity index (χ2n) is 6.12. The Hall–Kier alpha value is -3.33. The van der Waals surface area contributed by atoms with Crippen molar-refractivity contribution >= 4 is 27.3 Å². The largest absolute Gasteiger partial charge is 0.496 e. The van der Waals surface area contributed by atoms with Crippen molar-refractivity contribution in [1.82, 2.24) is 0 Å². The van der Waals surface area contributed by atoms with E-state index in [0.717, 1.165) is 33.0 Å². The number of benzene rings is 4. The zero-order valence-corrected chi connectivity index (χ0v) is 14.7. The molecule has 0 aliphatic heterocycles. The van der Waals surface area contributed by atoms with Gasteiger partial charge < -0.3 is 9.47 Å². The van der Waals surface area contributed by atoms with Crippen LogP contribution in [0.4, 0.5) is 0 Å². The van der Waals surface area contributed by atoms with Gasteiger partial charge in [-0.15, -0.1) is 0 Å². The molecule has 0 heterocycles. The molecule has 0 bridgehead atoms. The molecule has 128 valence electrons. The molecule has 4 aromatic carbocycles. The molecule has 0 aromatic heterocycles. The number of fused-ring (bicyclic) bond motifs is 2. The van der Waals surface area contributed by atoms with E-state index in [2.05, 4.69) is 0 Å². The topological polar surface area (TPSA) is 35.5 Å². The molecule has 0 unspecified atom stereocenters. The summed E-state index contributed by atoms with van der Waals surface area (Å²) in [6.07, 6.45) is 0. The van der Waals surface area contributed by atoms with E-state index in [1.807, 2.05) is 72.8 Å². The Bertz CT molecular complexity index is 1040. The first-order chi connectivity index (χ1) is 12.7. The highest BCUT2D eigenvalue weighted by Crippen LogP contribution is 2.29. The maximum atomic E-state index is 13.0. The summed E-state index contributed by atoms with van der Waals surface area (Å²) in [5.74, 6) is 1.61. The number of ether oxygens (including phenoxy) is 2. The number of carbonyl (C=O) groups is 1. The van der Waals surface area contributed by atoms with E-state index in [9.17, 15) is 4.79 Å². The highest BCUT2D eigenvalue weighted by Gasteiger charge is 2.12. The number of methoxy groups -OCH3 is 2. The number of ketones is 1. The molecule has 0 spiro atoms. The quantitative estimate of drug-likeness (QED) is 0.476. The van der Waals surface area contributed by atoms with E-state index < -0.39 is 0 Å². The van der Waals surface area contributed by atoms with Gasteiger partial charge in [-0.2, -0.15) is 0 Å². The summed E-state index contributed by atoms with van der Waals surface area (Å²) < 4.78 is 10.8. The zero-order chi connectivity index (χ0) is 18.1. The van der Waals surface area contributed by atoms with E-state index in [1.54, 1.807) is 14.2 Å². The highest BCUT2D eigenvalue weighted by atomic mass is 16.5. The maximum absolute atomic E-state index is 13.0. The van der Waals surface area contributed by atoms with E-state index in [4.69, 9.17) is 9.47 Å². The molecule has 4 rings (SSSR count). The summed E-state index contributed by atoms with van der Waals surface area (Å²) in [7, 11) is 3.30. The Kier molecular flexibility index (Phi) is 4.05. The van der Waals surface area contributed by atoms with Gasteiger partial charge in [-0.3, -0.25) is 4.79 Å². The third kappa shape index (κ3) is 2.68. The summed E-state index contributed by atoms with van der Waals surface area (Å²) in [6, 6.07) is 23.1. The molecule has 0 saturated heterocycles. The molecule has 3 nitrogen and oxygen atoms in total. The van der Waals surface area contributed by atoms with Gasteiger partial charge in [0.2, 0.25) is 0 Å². The van der Waals surface area contributed by atoms with Gasteiger partial charge in [0.15, 0.2) is 5.78 Å². The molecule has 0 saturated carbocycles. The minimum atomic E-state index is -0.000519. The Balaban J connectivity index is 1.78. The summed E-state index contributed by atoms with van der Waals surface area (Å²) in [4.78, 5) is 13.0. The molecule has 0 aliphatic rings. The van der Waals surface area contributed by atoms with Gasteiger partial charge in [-0.25, -0.2) is 0 Å². The molecule has 0 fully saturated rings. The molecular formula is C23H18O3. The summed E-state index contributed by atoms with van der Waals surface area (Å²) in [5.41, 5.74) is 1.32. The van der Waals surface area contributed by atoms with E-state index in [0.29, 0.717) is 11.1 Å². The fraction of sp³-hybridized carbons (Fsp3) is 0.0870. The van der Waals surface area contributed by atoms with Crippen LogP contribution in [0, 0.1) is 0 Å². The third-order valence-electron chi connectivity index (χ3n) is 4.65. The van der Waals surface area contributed by atoms with E-state index in [1.165, 1.54) is 0 Å². The van der Waals surface area contributed by atoms with Crippen LogP contribution in [-0.4, -0.2) is 20.0 Å². The fourth-order valence-corrected chi connectivity index (χ4v) is 3.31. The third-order valence-corrected chi connectivity index (χ3v) is 4.65. The Morgan fingerprint density at radius 2 is 1.12 bits per heavy atom. The van der Waals surface area contributed by atoms with Crippen molar-refractivity contribution in [2.24, 2.45) is 0 Å². The summed E-state index contributed by atoms with van der Waals surface area (Å²) in [6.45, 7) is 0. The van der Waals surface area contributed by atoms with Crippen LogP contribution in [0.15, 0.2) is 72.8 Å². The smallest absolute Gasteiger partial charge is 0.193 e. The Morgan fingerprint density at radius 3 is 1.54 bits per heavy atom. The number of carbonyl (C=O) groups excluding carboxylic acids is 1. The van der Waals surface area contributed by atoms with Crippen molar-refractivity contribution in [1.29, 1.82) is 0 Å². The van der Waals surface area contributed by atoms with Gasteiger partial charge in [0.05, 0.1) is 14.2 Å². The SMILES string of the molecule is COc1cccc2cc(C(=O)c3ccc4c(OC)cccc4c3)ccc12. The van der Waals surface area contributed by atoms with Crippen LogP contribution in [0.25, 0.3) is 21.5 Å². The molecular weight excluding hydrogens is 324 g/mol. The minimum absolute atomic E-state index is 0.000519. The molecule has 0 aliphatic carbocycles. The van der Waals surface area contributed by atoms with Crippen LogP contribution >= 0.6 is 0 Å². The van der Waals surface area contributed by atoms with Gasteiger partial charge in [-0.05, 0) is 47.2 Å². The van der Waals surface area contributed by atoms with Crippen molar-refractivity contribution in [2.45, 2.75) is 0 Å². The van der Waals surface area contributed by atoms with Crippen molar-refractivity contribution < 1.29 is 14.3 Å². The molecule has 0 atom stereocenters. The van der Waals surface area contributed by atoms with Gasteiger partial charge in [-0.1, -0.05) is 36.4 Å². The average molecular weight is 342 g/mol. The van der Waals surface area contributed by atoms with Crippen molar-refractivity contribution in [3.05, 3.63) is 83.9 Å². The molecule has 26 heavy (non-hydrogen) atoms. The van der Waals surface area contributed by atoms with Crippen LogP contribution in [0.2, 0.25) is 0 Å². The van der Waals surface area contributed by atoms with E-state index in [-0.39, 0.29) is 5.78 Å². The second-order valence-corrected chi connectivity index (χ2v) is 6.12. The average Bonchev–Trinajstić information content (AvgIpc) is 2.71. The monoisotopic (exact) mass is 342 g/mol. The lowest BCUT2D eigenvalue weighted by Gasteiger charge is -2.09. The van der Waals surface area contributed by atoms with Gasteiger partial charge >= 0.3 is 0 Å². The Morgan fingerprint density at radius 1 is 0.654 bits per heavy atom. The lowest BCUT2D eigenvalue weighted by atomic mass is 9.97. The molecule has 0 radical (unpaired) electrons. The van der Waals surface area contributed by atoms with Crippen LogP contribution in [-0.2, 0) is 0 Å². The predicted octanol–water partition coefficient (Wildman–Crippen LogP) is 5.24. The first kappa shape index (κ1) is 16.2. The molecule has 4 aromatic rings. The maximum Gasteiger partial charge on any atom is 0.193 e. The fourth-order valence-electron chi connectivity index (χ4n) is 3.31. The lowest BCUT2D eigenvalue weighted by molar-refractivity contribution is 0.103. The number of rotatable bonds is 4. The molecule has 3 heteroatoms. The minimum Gasteiger partial charge on any atom is -0.496 e. The van der Waals surface area contributed by atoms with Crippen LogP contribution < -0.4 is 9.47 Å². The van der Waals surface area contributed by atoms with Crippen LogP contribution in [0.1, 0.15) is 15.9 Å². The predicted molar refractivity (Wildman–Crippen MR) is 104 cm³/mol. The highest BCUT2D eigenvalue weighted by molar-refractivity contribution is 6.12. The Labute approximate surface area is 151 Å². The van der Waals surface area contributed by atoms with Gasteiger partial charge in [0, 0.05) is 21.9 Å². The van der Waals surface area contributed by atoms with Crippen molar-refractivity contribution in [2.75, 3.05) is 14.2 Å². The van der Waals surface area contributed by atoms with Gasteiger partial charge in [0.25, 0.3) is 0 Å². The normalized spacial score (nSPS) is 10.8. The summed E-state index contributed by atoms with van der Waals surface area (Å²) in [5, 5.41) is 3.96. The molecule has 0 N–H and O–H groups in total. The van der Waals surface area contributed by atoms with E-state index >= 15 is 0 Å². The molecule has 0 amide bonds.